The number of esters is 1. The molecule has 15 heavy (non-hydrogen) atoms. The molecule has 0 unspecified atom stereocenters. The highest BCUT2D eigenvalue weighted by molar-refractivity contribution is 9.11. The topological polar surface area (TPSA) is 46.5 Å². The van der Waals surface area contributed by atoms with Gasteiger partial charge in [0, 0.05) is 11.4 Å². The van der Waals surface area contributed by atoms with Crippen LogP contribution >= 0.6 is 15.9 Å². The minimum atomic E-state index is -0.359. The monoisotopic (exact) mass is 270 g/mol. The van der Waals surface area contributed by atoms with E-state index in [1.165, 1.54) is 12.1 Å². The number of halogens is 1. The minimum absolute atomic E-state index is 0.237. The Morgan fingerprint density at radius 3 is 2.53 bits per heavy atom. The third-order valence-electron chi connectivity index (χ3n) is 1.89. The SMILES string of the molecule is COC(=O)c1ccc(CC(O)=CBr)cc1. The molecule has 0 aromatic heterocycles. The van der Waals surface area contributed by atoms with Gasteiger partial charge in [0.05, 0.1) is 12.7 Å². The summed E-state index contributed by atoms with van der Waals surface area (Å²) < 4.78 is 4.57. The number of carbonyl (C=O) groups excluding carboxylic acids is 1. The van der Waals surface area contributed by atoms with Crippen molar-refractivity contribution in [2.45, 2.75) is 6.42 Å². The normalized spacial score (nSPS) is 11.2. The molecule has 0 aliphatic rings. The Hall–Kier alpha value is -1.29. The molecular formula is C11H11BrO3. The number of aliphatic hydroxyl groups excluding tert-OH is 1. The van der Waals surface area contributed by atoms with E-state index in [1.807, 2.05) is 0 Å². The van der Waals surface area contributed by atoms with Crippen molar-refractivity contribution < 1.29 is 14.6 Å². The predicted octanol–water partition coefficient (Wildman–Crippen LogP) is 2.81. The van der Waals surface area contributed by atoms with E-state index in [0.717, 1.165) is 5.56 Å². The summed E-state index contributed by atoms with van der Waals surface area (Å²) in [5, 5.41) is 9.26. The fourth-order valence-corrected chi connectivity index (χ4v) is 1.29. The number of allylic oxidation sites excluding steroid dienone is 1. The van der Waals surface area contributed by atoms with Gasteiger partial charge in [-0.2, -0.15) is 0 Å². The van der Waals surface area contributed by atoms with Crippen LogP contribution in [0.15, 0.2) is 35.0 Å². The first-order chi connectivity index (χ1) is 7.17. The summed E-state index contributed by atoms with van der Waals surface area (Å²) in [6.07, 6.45) is 0.437. The van der Waals surface area contributed by atoms with Gasteiger partial charge in [-0.3, -0.25) is 0 Å². The molecular weight excluding hydrogens is 260 g/mol. The summed E-state index contributed by atoms with van der Waals surface area (Å²) in [5.41, 5.74) is 1.43. The molecule has 1 rings (SSSR count). The van der Waals surface area contributed by atoms with Crippen LogP contribution in [0.25, 0.3) is 0 Å². The average Bonchev–Trinajstić information content (AvgIpc) is 2.29. The zero-order chi connectivity index (χ0) is 11.3. The summed E-state index contributed by atoms with van der Waals surface area (Å²) in [7, 11) is 1.34. The van der Waals surface area contributed by atoms with Gasteiger partial charge in [-0.1, -0.05) is 28.1 Å². The Balaban J connectivity index is 2.77. The molecule has 0 aliphatic heterocycles. The Morgan fingerprint density at radius 2 is 2.07 bits per heavy atom. The molecule has 80 valence electrons. The Bertz CT molecular complexity index is 368. The number of aliphatic hydroxyl groups is 1. The van der Waals surface area contributed by atoms with Gasteiger partial charge in [-0.15, -0.1) is 0 Å². The van der Waals surface area contributed by atoms with Crippen LogP contribution in [0.1, 0.15) is 15.9 Å². The fourth-order valence-electron chi connectivity index (χ4n) is 1.12. The van der Waals surface area contributed by atoms with Gasteiger partial charge in [-0.05, 0) is 17.7 Å². The number of rotatable bonds is 3. The van der Waals surface area contributed by atoms with Crippen molar-refractivity contribution in [1.29, 1.82) is 0 Å². The van der Waals surface area contributed by atoms with Gasteiger partial charge in [0.15, 0.2) is 0 Å². The lowest BCUT2D eigenvalue weighted by molar-refractivity contribution is 0.0601. The van der Waals surface area contributed by atoms with Crippen LogP contribution in [0, 0.1) is 0 Å². The van der Waals surface area contributed by atoms with E-state index in [1.54, 1.807) is 24.3 Å². The predicted molar refractivity (Wildman–Crippen MR) is 61.1 cm³/mol. The van der Waals surface area contributed by atoms with Gasteiger partial charge in [-0.25, -0.2) is 4.79 Å². The van der Waals surface area contributed by atoms with E-state index < -0.39 is 0 Å². The van der Waals surface area contributed by atoms with E-state index in [9.17, 15) is 9.90 Å². The third kappa shape index (κ3) is 3.40. The lowest BCUT2D eigenvalue weighted by Gasteiger charge is -2.02. The van der Waals surface area contributed by atoms with E-state index >= 15 is 0 Å². The Kier molecular flexibility index (Phi) is 4.37. The van der Waals surface area contributed by atoms with E-state index in [4.69, 9.17) is 0 Å². The largest absolute Gasteiger partial charge is 0.511 e. The lowest BCUT2D eigenvalue weighted by Crippen LogP contribution is -2.01. The third-order valence-corrected chi connectivity index (χ3v) is 2.41. The van der Waals surface area contributed by atoms with Gasteiger partial charge in [0.1, 0.15) is 5.76 Å². The average molecular weight is 271 g/mol. The highest BCUT2D eigenvalue weighted by Gasteiger charge is 2.04. The highest BCUT2D eigenvalue weighted by atomic mass is 79.9. The van der Waals surface area contributed by atoms with E-state index in [2.05, 4.69) is 20.7 Å². The number of ether oxygens (including phenoxy) is 1. The number of benzene rings is 1. The Labute approximate surface area is 96.5 Å². The zero-order valence-corrected chi connectivity index (χ0v) is 9.82. The van der Waals surface area contributed by atoms with Crippen LogP contribution in [-0.2, 0) is 11.2 Å². The van der Waals surface area contributed by atoms with Crippen molar-refractivity contribution in [3.8, 4) is 0 Å². The molecule has 0 atom stereocenters. The maximum absolute atomic E-state index is 11.1. The van der Waals surface area contributed by atoms with Gasteiger partial charge >= 0.3 is 5.97 Å². The molecule has 1 aromatic carbocycles. The second-order valence-corrected chi connectivity index (χ2v) is 3.42. The van der Waals surface area contributed by atoms with Crippen LogP contribution in [0.3, 0.4) is 0 Å². The second-order valence-electron chi connectivity index (χ2n) is 2.97. The first-order valence-corrected chi connectivity index (χ1v) is 5.24. The van der Waals surface area contributed by atoms with E-state index in [-0.39, 0.29) is 11.7 Å². The molecule has 0 bridgehead atoms. The fraction of sp³-hybridized carbons (Fsp3) is 0.182. The van der Waals surface area contributed by atoms with Crippen molar-refractivity contribution in [2.24, 2.45) is 0 Å². The second kappa shape index (κ2) is 5.56. The number of hydrogen-bond acceptors (Lipinski definition) is 3. The number of hydrogen-bond donors (Lipinski definition) is 1. The van der Waals surface area contributed by atoms with Crippen molar-refractivity contribution in [2.75, 3.05) is 7.11 Å². The van der Waals surface area contributed by atoms with Crippen molar-refractivity contribution in [1.82, 2.24) is 0 Å². The molecule has 0 saturated carbocycles. The maximum Gasteiger partial charge on any atom is 0.337 e. The summed E-state index contributed by atoms with van der Waals surface area (Å²) >= 11 is 3.03. The van der Waals surface area contributed by atoms with Crippen LogP contribution in [0.4, 0.5) is 0 Å². The minimum Gasteiger partial charge on any atom is -0.511 e. The molecule has 0 saturated heterocycles. The molecule has 0 amide bonds. The zero-order valence-electron chi connectivity index (χ0n) is 8.24. The number of methoxy groups -OCH3 is 1. The van der Waals surface area contributed by atoms with Crippen LogP contribution in [-0.4, -0.2) is 18.2 Å². The molecule has 0 spiro atoms. The highest BCUT2D eigenvalue weighted by Crippen LogP contribution is 2.10. The van der Waals surface area contributed by atoms with E-state index in [0.29, 0.717) is 12.0 Å². The molecule has 4 heteroatoms. The van der Waals surface area contributed by atoms with Gasteiger partial charge in [0.25, 0.3) is 0 Å². The quantitative estimate of drug-likeness (QED) is 0.679. The molecule has 1 aromatic rings. The molecule has 0 aliphatic carbocycles. The first kappa shape index (κ1) is 11.8. The van der Waals surface area contributed by atoms with Crippen LogP contribution < -0.4 is 0 Å². The van der Waals surface area contributed by atoms with Crippen molar-refractivity contribution in [3.05, 3.63) is 46.1 Å². The van der Waals surface area contributed by atoms with Crippen molar-refractivity contribution in [3.63, 3.8) is 0 Å². The first-order valence-electron chi connectivity index (χ1n) is 4.33. The maximum atomic E-state index is 11.1. The molecule has 3 nitrogen and oxygen atoms in total. The smallest absolute Gasteiger partial charge is 0.337 e. The molecule has 0 fully saturated rings. The molecule has 1 N–H and O–H groups in total. The molecule has 0 radical (unpaired) electrons. The van der Waals surface area contributed by atoms with Crippen molar-refractivity contribution >= 4 is 21.9 Å². The summed E-state index contributed by atoms with van der Waals surface area (Å²) in [6, 6.07) is 6.89. The summed E-state index contributed by atoms with van der Waals surface area (Å²) in [5.74, 6) is -0.123. The van der Waals surface area contributed by atoms with Crippen LogP contribution in [0.2, 0.25) is 0 Å². The van der Waals surface area contributed by atoms with Crippen LogP contribution in [0.5, 0.6) is 0 Å². The van der Waals surface area contributed by atoms with Gasteiger partial charge in [0.2, 0.25) is 0 Å². The number of carbonyl (C=O) groups is 1. The van der Waals surface area contributed by atoms with Gasteiger partial charge < -0.3 is 9.84 Å². The summed E-state index contributed by atoms with van der Waals surface area (Å²) in [6.45, 7) is 0. The Morgan fingerprint density at radius 1 is 1.47 bits per heavy atom. The summed E-state index contributed by atoms with van der Waals surface area (Å²) in [4.78, 5) is 12.6. The lowest BCUT2D eigenvalue weighted by atomic mass is 10.1. The molecule has 0 heterocycles. The standard InChI is InChI=1S/C11H11BrO3/c1-15-11(14)9-4-2-8(3-5-9)6-10(13)7-12/h2-5,7,13H,6H2,1H3.